The van der Waals surface area contributed by atoms with Crippen LogP contribution in [0.5, 0.6) is 17.2 Å². The minimum atomic E-state index is -1.23. The lowest BCUT2D eigenvalue weighted by Crippen LogP contribution is -2.09. The van der Waals surface area contributed by atoms with Crippen LogP contribution in [-0.2, 0) is 4.79 Å². The van der Waals surface area contributed by atoms with E-state index in [4.69, 9.17) is 14.2 Å². The van der Waals surface area contributed by atoms with E-state index in [9.17, 15) is 9.90 Å². The van der Waals surface area contributed by atoms with Gasteiger partial charge in [0.15, 0.2) is 17.3 Å². The molecule has 0 aromatic heterocycles. The number of hydrogen-bond donors (Lipinski definition) is 1. The minimum absolute atomic E-state index is 0.359. The van der Waals surface area contributed by atoms with Crippen molar-refractivity contribution < 1.29 is 24.1 Å². The third-order valence-corrected chi connectivity index (χ3v) is 2.42. The molecule has 1 rings (SSSR count). The van der Waals surface area contributed by atoms with Crippen LogP contribution in [0.25, 0.3) is 0 Å². The van der Waals surface area contributed by atoms with Gasteiger partial charge in [-0.25, -0.2) is 0 Å². The summed E-state index contributed by atoms with van der Waals surface area (Å²) in [5.41, 5.74) is 0.359. The zero-order valence-electron chi connectivity index (χ0n) is 10.3. The van der Waals surface area contributed by atoms with Crippen molar-refractivity contribution in [3.63, 3.8) is 0 Å². The fraction of sp³-hybridized carbons (Fsp3) is 0.417. The van der Waals surface area contributed by atoms with E-state index in [1.54, 1.807) is 6.07 Å². The summed E-state index contributed by atoms with van der Waals surface area (Å²) in [4.78, 5) is 11.2. The van der Waals surface area contributed by atoms with Gasteiger partial charge in [0.25, 0.3) is 0 Å². The van der Waals surface area contributed by atoms with Crippen LogP contribution in [-0.4, -0.2) is 32.2 Å². The SMILES string of the molecule is COc1cc(OC)c([C@H](O)C(C)=O)cc1OC. The number of rotatable bonds is 5. The monoisotopic (exact) mass is 240 g/mol. The Bertz CT molecular complexity index is 414. The Kier molecular flexibility index (Phi) is 4.34. The van der Waals surface area contributed by atoms with E-state index in [1.807, 2.05) is 0 Å². The van der Waals surface area contributed by atoms with Gasteiger partial charge in [0, 0.05) is 11.6 Å². The van der Waals surface area contributed by atoms with E-state index in [-0.39, 0.29) is 5.78 Å². The Hall–Kier alpha value is -1.75. The molecule has 0 aliphatic carbocycles. The first kappa shape index (κ1) is 13.3. The van der Waals surface area contributed by atoms with Crippen molar-refractivity contribution in [1.82, 2.24) is 0 Å². The Balaban J connectivity index is 3.33. The molecular weight excluding hydrogens is 224 g/mol. The highest BCUT2D eigenvalue weighted by atomic mass is 16.5. The predicted octanol–water partition coefficient (Wildman–Crippen LogP) is 1.33. The summed E-state index contributed by atoms with van der Waals surface area (Å²) >= 11 is 0. The van der Waals surface area contributed by atoms with Gasteiger partial charge >= 0.3 is 0 Å². The van der Waals surface area contributed by atoms with Gasteiger partial charge < -0.3 is 19.3 Å². The molecule has 0 aliphatic heterocycles. The second-order valence-corrected chi connectivity index (χ2v) is 3.46. The number of Topliss-reactive ketones (excluding diaryl/α,β-unsaturated/α-hetero) is 1. The number of aliphatic hydroxyl groups is 1. The first-order valence-electron chi connectivity index (χ1n) is 5.03. The number of carbonyl (C=O) groups excluding carboxylic acids is 1. The van der Waals surface area contributed by atoms with Crippen molar-refractivity contribution in [2.24, 2.45) is 0 Å². The number of hydrogen-bond acceptors (Lipinski definition) is 5. The third kappa shape index (κ3) is 2.68. The molecule has 5 nitrogen and oxygen atoms in total. The number of methoxy groups -OCH3 is 3. The minimum Gasteiger partial charge on any atom is -0.496 e. The summed E-state index contributed by atoms with van der Waals surface area (Å²) in [7, 11) is 4.43. The molecule has 1 atom stereocenters. The number of ether oxygens (including phenoxy) is 3. The van der Waals surface area contributed by atoms with Crippen molar-refractivity contribution in [1.29, 1.82) is 0 Å². The molecule has 0 fully saturated rings. The van der Waals surface area contributed by atoms with Gasteiger partial charge in [-0.3, -0.25) is 4.79 Å². The normalized spacial score (nSPS) is 11.8. The summed E-state index contributed by atoms with van der Waals surface area (Å²) in [6.45, 7) is 1.31. The molecule has 1 aromatic rings. The quantitative estimate of drug-likeness (QED) is 0.841. The van der Waals surface area contributed by atoms with Crippen LogP contribution in [0.2, 0.25) is 0 Å². The molecule has 5 heteroatoms. The van der Waals surface area contributed by atoms with Gasteiger partial charge in [0.05, 0.1) is 21.3 Å². The third-order valence-electron chi connectivity index (χ3n) is 2.42. The second kappa shape index (κ2) is 5.54. The van der Waals surface area contributed by atoms with Crippen LogP contribution >= 0.6 is 0 Å². The number of ketones is 1. The Morgan fingerprint density at radius 3 is 1.94 bits per heavy atom. The van der Waals surface area contributed by atoms with Crippen molar-refractivity contribution in [2.45, 2.75) is 13.0 Å². The lowest BCUT2D eigenvalue weighted by atomic mass is 10.0. The Morgan fingerprint density at radius 1 is 1.06 bits per heavy atom. The molecule has 0 bridgehead atoms. The Labute approximate surface area is 99.9 Å². The highest BCUT2D eigenvalue weighted by Crippen LogP contribution is 2.37. The van der Waals surface area contributed by atoms with Crippen molar-refractivity contribution in [2.75, 3.05) is 21.3 Å². The van der Waals surface area contributed by atoms with Gasteiger partial charge in [-0.1, -0.05) is 0 Å². The smallest absolute Gasteiger partial charge is 0.164 e. The maximum atomic E-state index is 11.2. The zero-order valence-corrected chi connectivity index (χ0v) is 10.3. The second-order valence-electron chi connectivity index (χ2n) is 3.46. The zero-order chi connectivity index (χ0) is 13.0. The van der Waals surface area contributed by atoms with Gasteiger partial charge in [-0.15, -0.1) is 0 Å². The highest BCUT2D eigenvalue weighted by Gasteiger charge is 2.21. The molecule has 1 N–H and O–H groups in total. The molecule has 0 spiro atoms. The van der Waals surface area contributed by atoms with Crippen molar-refractivity contribution in [3.8, 4) is 17.2 Å². The molecule has 0 saturated carbocycles. The summed E-state index contributed by atoms with van der Waals surface area (Å²) in [5, 5.41) is 9.77. The van der Waals surface area contributed by atoms with Crippen LogP contribution in [0, 0.1) is 0 Å². The molecule has 1 aromatic carbocycles. The lowest BCUT2D eigenvalue weighted by molar-refractivity contribution is -0.125. The molecule has 0 heterocycles. The van der Waals surface area contributed by atoms with Crippen molar-refractivity contribution in [3.05, 3.63) is 17.7 Å². The fourth-order valence-corrected chi connectivity index (χ4v) is 1.49. The van der Waals surface area contributed by atoms with E-state index in [0.717, 1.165) is 0 Å². The van der Waals surface area contributed by atoms with Gasteiger partial charge in [0.2, 0.25) is 0 Å². The fourth-order valence-electron chi connectivity index (χ4n) is 1.49. The van der Waals surface area contributed by atoms with Gasteiger partial charge in [0.1, 0.15) is 11.9 Å². The van der Waals surface area contributed by atoms with E-state index in [2.05, 4.69) is 0 Å². The van der Waals surface area contributed by atoms with E-state index in [0.29, 0.717) is 22.8 Å². The largest absolute Gasteiger partial charge is 0.496 e. The molecule has 94 valence electrons. The summed E-state index contributed by atoms with van der Waals surface area (Å²) < 4.78 is 15.3. The summed E-state index contributed by atoms with van der Waals surface area (Å²) in [6.07, 6.45) is -1.23. The Morgan fingerprint density at radius 2 is 1.53 bits per heavy atom. The lowest BCUT2D eigenvalue weighted by Gasteiger charge is -2.16. The maximum Gasteiger partial charge on any atom is 0.164 e. The molecule has 0 amide bonds. The predicted molar refractivity (Wildman–Crippen MR) is 61.7 cm³/mol. The van der Waals surface area contributed by atoms with Crippen LogP contribution in [0.15, 0.2) is 12.1 Å². The van der Waals surface area contributed by atoms with Gasteiger partial charge in [-0.2, -0.15) is 0 Å². The molecule has 0 aliphatic rings. The molecule has 17 heavy (non-hydrogen) atoms. The van der Waals surface area contributed by atoms with E-state index in [1.165, 1.54) is 34.3 Å². The molecule has 0 saturated heterocycles. The van der Waals surface area contributed by atoms with Crippen LogP contribution in [0.4, 0.5) is 0 Å². The van der Waals surface area contributed by atoms with E-state index < -0.39 is 6.10 Å². The first-order valence-corrected chi connectivity index (χ1v) is 5.03. The average molecular weight is 240 g/mol. The summed E-state index contributed by atoms with van der Waals surface area (Å²) in [6, 6.07) is 3.10. The molecule has 0 unspecified atom stereocenters. The maximum absolute atomic E-state index is 11.2. The topological polar surface area (TPSA) is 65.0 Å². The highest BCUT2D eigenvalue weighted by molar-refractivity contribution is 5.82. The van der Waals surface area contributed by atoms with Gasteiger partial charge in [-0.05, 0) is 13.0 Å². The van der Waals surface area contributed by atoms with Crippen molar-refractivity contribution >= 4 is 5.78 Å². The first-order chi connectivity index (χ1) is 8.04. The molecular formula is C12H16O5. The number of benzene rings is 1. The average Bonchev–Trinajstić information content (AvgIpc) is 2.35. The van der Waals surface area contributed by atoms with Crippen LogP contribution in [0.3, 0.4) is 0 Å². The standard InChI is InChI=1S/C12H16O5/c1-7(13)12(14)8-5-10(16-3)11(17-4)6-9(8)15-2/h5-6,12,14H,1-4H3/t12-/m1/s1. The molecule has 0 radical (unpaired) electrons. The van der Waals surface area contributed by atoms with E-state index >= 15 is 0 Å². The van der Waals surface area contributed by atoms with Crippen LogP contribution in [0.1, 0.15) is 18.6 Å². The summed E-state index contributed by atoms with van der Waals surface area (Å²) in [5.74, 6) is 0.924. The van der Waals surface area contributed by atoms with Crippen LogP contribution < -0.4 is 14.2 Å². The number of aliphatic hydroxyl groups excluding tert-OH is 1. The number of carbonyl (C=O) groups is 1.